The molecular formula is C13H12BrN3O3. The van der Waals surface area contributed by atoms with Gasteiger partial charge in [-0.25, -0.2) is 4.98 Å². The fourth-order valence-electron chi connectivity index (χ4n) is 1.75. The lowest BCUT2D eigenvalue weighted by Crippen LogP contribution is -1.97. The minimum absolute atomic E-state index is 0.0786. The molecule has 1 aromatic carbocycles. The minimum Gasteiger partial charge on any atom is -0.439 e. The Balaban J connectivity index is 2.39. The van der Waals surface area contributed by atoms with Gasteiger partial charge in [0.2, 0.25) is 5.88 Å². The van der Waals surface area contributed by atoms with Crippen molar-refractivity contribution >= 4 is 21.6 Å². The first-order valence-corrected chi connectivity index (χ1v) is 6.61. The molecule has 1 aromatic heterocycles. The zero-order valence-electron chi connectivity index (χ0n) is 11.2. The van der Waals surface area contributed by atoms with E-state index in [1.807, 2.05) is 0 Å². The summed E-state index contributed by atoms with van der Waals surface area (Å²) in [6.45, 7) is 5.18. The second kappa shape index (κ2) is 5.54. The zero-order valence-corrected chi connectivity index (χ0v) is 12.8. The van der Waals surface area contributed by atoms with Crippen LogP contribution in [0.2, 0.25) is 0 Å². The smallest absolute Gasteiger partial charge is 0.272 e. The van der Waals surface area contributed by atoms with Crippen LogP contribution in [-0.2, 0) is 0 Å². The molecular weight excluding hydrogens is 326 g/mol. The molecule has 104 valence electrons. The fraction of sp³-hybridized carbons (Fsp3) is 0.231. The molecule has 0 aliphatic rings. The molecule has 2 rings (SSSR count). The third kappa shape index (κ3) is 3.11. The van der Waals surface area contributed by atoms with Gasteiger partial charge in [-0.05, 0) is 48.3 Å². The Labute approximate surface area is 124 Å². The maximum Gasteiger partial charge on any atom is 0.272 e. The van der Waals surface area contributed by atoms with E-state index in [-0.39, 0.29) is 5.69 Å². The van der Waals surface area contributed by atoms with Crippen molar-refractivity contribution in [2.45, 2.75) is 20.8 Å². The molecule has 1 heterocycles. The van der Waals surface area contributed by atoms with Gasteiger partial charge in [-0.1, -0.05) is 0 Å². The summed E-state index contributed by atoms with van der Waals surface area (Å²) >= 11 is 3.27. The maximum atomic E-state index is 10.9. The average molecular weight is 338 g/mol. The molecule has 0 aliphatic heterocycles. The van der Waals surface area contributed by atoms with Crippen molar-refractivity contribution in [3.05, 3.63) is 49.9 Å². The summed E-state index contributed by atoms with van der Waals surface area (Å²) in [7, 11) is 0. The number of nitro benzene ring substituents is 1. The molecule has 0 saturated heterocycles. The first kappa shape index (κ1) is 14.4. The Morgan fingerprint density at radius 3 is 2.45 bits per heavy atom. The second-order valence-electron chi connectivity index (χ2n) is 4.34. The van der Waals surface area contributed by atoms with Crippen molar-refractivity contribution in [1.82, 2.24) is 9.97 Å². The predicted octanol–water partition coefficient (Wildman–Crippen LogP) is 3.86. The summed E-state index contributed by atoms with van der Waals surface area (Å²) in [5.41, 5.74) is 1.30. The first-order chi connectivity index (χ1) is 9.36. The Morgan fingerprint density at radius 1 is 1.15 bits per heavy atom. The van der Waals surface area contributed by atoms with Crippen LogP contribution in [0.1, 0.15) is 17.0 Å². The number of nitro groups is 1. The molecule has 20 heavy (non-hydrogen) atoms. The van der Waals surface area contributed by atoms with Crippen molar-refractivity contribution in [2.24, 2.45) is 0 Å². The van der Waals surface area contributed by atoms with Crippen LogP contribution in [0.25, 0.3) is 0 Å². The molecule has 0 fully saturated rings. The van der Waals surface area contributed by atoms with E-state index in [2.05, 4.69) is 25.9 Å². The largest absolute Gasteiger partial charge is 0.439 e. The number of benzene rings is 1. The van der Waals surface area contributed by atoms with Crippen LogP contribution in [0.5, 0.6) is 11.6 Å². The Morgan fingerprint density at radius 2 is 1.85 bits per heavy atom. The van der Waals surface area contributed by atoms with E-state index in [4.69, 9.17) is 4.74 Å². The van der Waals surface area contributed by atoms with Gasteiger partial charge in [0.05, 0.1) is 4.92 Å². The molecule has 0 bridgehead atoms. The van der Waals surface area contributed by atoms with Crippen molar-refractivity contribution in [1.29, 1.82) is 0 Å². The number of nitrogens with zero attached hydrogens (tertiary/aromatic N) is 3. The van der Waals surface area contributed by atoms with Gasteiger partial charge in [0.25, 0.3) is 5.69 Å². The molecule has 0 amide bonds. The van der Waals surface area contributed by atoms with E-state index in [0.717, 1.165) is 0 Å². The summed E-state index contributed by atoms with van der Waals surface area (Å²) in [5, 5.41) is 10.9. The second-order valence-corrected chi connectivity index (χ2v) is 5.15. The van der Waals surface area contributed by atoms with Crippen LogP contribution >= 0.6 is 15.9 Å². The lowest BCUT2D eigenvalue weighted by molar-refractivity contribution is -0.385. The number of rotatable bonds is 3. The first-order valence-electron chi connectivity index (χ1n) is 5.81. The standard InChI is InChI=1S/C13H12BrN3O3/c1-7-5-11(8(2)4-10(7)17(18)19)20-13-6-12(14)15-9(3)16-13/h4-6H,1-3H3. The van der Waals surface area contributed by atoms with E-state index in [0.29, 0.717) is 33.2 Å². The van der Waals surface area contributed by atoms with Gasteiger partial charge in [0.15, 0.2) is 0 Å². The fourth-order valence-corrected chi connectivity index (χ4v) is 2.20. The molecule has 0 unspecified atom stereocenters. The Kier molecular flexibility index (Phi) is 3.99. The topological polar surface area (TPSA) is 78.2 Å². The van der Waals surface area contributed by atoms with Crippen molar-refractivity contribution in [2.75, 3.05) is 0 Å². The SMILES string of the molecule is Cc1nc(Br)cc(Oc2cc(C)c([N+](=O)[O-])cc2C)n1. The molecule has 0 saturated carbocycles. The monoisotopic (exact) mass is 337 g/mol. The number of ether oxygens (including phenoxy) is 1. The van der Waals surface area contributed by atoms with Crippen LogP contribution in [0.15, 0.2) is 22.8 Å². The highest BCUT2D eigenvalue weighted by Gasteiger charge is 2.15. The highest BCUT2D eigenvalue weighted by atomic mass is 79.9. The normalized spacial score (nSPS) is 10.4. The Bertz CT molecular complexity index is 669. The molecule has 0 aliphatic carbocycles. The molecule has 0 radical (unpaired) electrons. The molecule has 0 spiro atoms. The van der Waals surface area contributed by atoms with Gasteiger partial charge in [0.1, 0.15) is 16.2 Å². The summed E-state index contributed by atoms with van der Waals surface area (Å²) in [6, 6.07) is 4.77. The molecule has 0 N–H and O–H groups in total. The number of aryl methyl sites for hydroxylation is 3. The van der Waals surface area contributed by atoms with Crippen LogP contribution in [0.4, 0.5) is 5.69 Å². The summed E-state index contributed by atoms with van der Waals surface area (Å²) in [5.74, 6) is 1.50. The molecule has 6 nitrogen and oxygen atoms in total. The van der Waals surface area contributed by atoms with Gasteiger partial charge in [-0.2, -0.15) is 4.98 Å². The van der Waals surface area contributed by atoms with Gasteiger partial charge in [0, 0.05) is 17.7 Å². The van der Waals surface area contributed by atoms with Crippen molar-refractivity contribution < 1.29 is 9.66 Å². The lowest BCUT2D eigenvalue weighted by atomic mass is 10.1. The van der Waals surface area contributed by atoms with Crippen LogP contribution in [-0.4, -0.2) is 14.9 Å². The third-order valence-electron chi connectivity index (χ3n) is 2.69. The number of hydrogen-bond acceptors (Lipinski definition) is 5. The summed E-state index contributed by atoms with van der Waals surface area (Å²) in [4.78, 5) is 18.7. The zero-order chi connectivity index (χ0) is 14.9. The summed E-state index contributed by atoms with van der Waals surface area (Å²) in [6.07, 6.45) is 0. The van der Waals surface area contributed by atoms with Crippen LogP contribution in [0, 0.1) is 30.9 Å². The molecule has 0 atom stereocenters. The number of halogens is 1. The summed E-state index contributed by atoms with van der Waals surface area (Å²) < 4.78 is 6.30. The third-order valence-corrected chi connectivity index (χ3v) is 3.09. The molecule has 7 heteroatoms. The van der Waals surface area contributed by atoms with E-state index >= 15 is 0 Å². The van der Waals surface area contributed by atoms with Crippen molar-refractivity contribution in [3.8, 4) is 11.6 Å². The average Bonchev–Trinajstić information content (AvgIpc) is 2.31. The highest BCUT2D eigenvalue weighted by molar-refractivity contribution is 9.10. The predicted molar refractivity (Wildman–Crippen MR) is 77.1 cm³/mol. The van der Waals surface area contributed by atoms with E-state index in [9.17, 15) is 10.1 Å². The number of aromatic nitrogens is 2. The maximum absolute atomic E-state index is 10.9. The quantitative estimate of drug-likeness (QED) is 0.482. The van der Waals surface area contributed by atoms with Gasteiger partial charge in [-0.3, -0.25) is 10.1 Å². The van der Waals surface area contributed by atoms with Crippen molar-refractivity contribution in [3.63, 3.8) is 0 Å². The Hall–Kier alpha value is -2.02. The minimum atomic E-state index is -0.405. The number of hydrogen-bond donors (Lipinski definition) is 0. The molecule has 2 aromatic rings. The van der Waals surface area contributed by atoms with Gasteiger partial charge < -0.3 is 4.74 Å². The van der Waals surface area contributed by atoms with E-state index in [1.165, 1.54) is 6.07 Å². The van der Waals surface area contributed by atoms with Crippen LogP contribution < -0.4 is 4.74 Å². The van der Waals surface area contributed by atoms with Crippen LogP contribution in [0.3, 0.4) is 0 Å². The van der Waals surface area contributed by atoms with Gasteiger partial charge >= 0.3 is 0 Å². The highest BCUT2D eigenvalue weighted by Crippen LogP contribution is 2.31. The van der Waals surface area contributed by atoms with E-state index in [1.54, 1.807) is 32.9 Å². The van der Waals surface area contributed by atoms with E-state index < -0.39 is 4.92 Å². The van der Waals surface area contributed by atoms with Gasteiger partial charge in [-0.15, -0.1) is 0 Å². The lowest BCUT2D eigenvalue weighted by Gasteiger charge is -2.09.